The molecule has 0 unspecified atom stereocenters. The van der Waals surface area contributed by atoms with Crippen LogP contribution in [0.1, 0.15) is 22.1 Å². The van der Waals surface area contributed by atoms with Crippen LogP contribution in [-0.2, 0) is 21.9 Å². The maximum Gasteiger partial charge on any atom is 0.265 e. The molecule has 2 amide bonds. The Kier molecular flexibility index (Phi) is 5.05. The molecule has 0 saturated carbocycles. The van der Waals surface area contributed by atoms with E-state index < -0.39 is 27.9 Å². The Bertz CT molecular complexity index is 859. The van der Waals surface area contributed by atoms with Crippen LogP contribution in [0.25, 0.3) is 0 Å². The summed E-state index contributed by atoms with van der Waals surface area (Å²) in [6, 6.07) is 8.51. The molecule has 0 aliphatic heterocycles. The maximum absolute atomic E-state index is 12.6. The van der Waals surface area contributed by atoms with Crippen molar-refractivity contribution in [2.24, 2.45) is 12.8 Å². The fourth-order valence-corrected chi connectivity index (χ4v) is 3.47. The number of aromatic nitrogens is 1. The molecule has 24 heavy (non-hydrogen) atoms. The minimum absolute atomic E-state index is 0.0478. The molecule has 9 heteroatoms. The second-order valence-corrected chi connectivity index (χ2v) is 6.83. The Morgan fingerprint density at radius 2 is 1.83 bits per heavy atom. The van der Waals surface area contributed by atoms with Gasteiger partial charge in [0.05, 0.1) is 0 Å². The van der Waals surface area contributed by atoms with Crippen LogP contribution in [-0.4, -0.2) is 31.8 Å². The third kappa shape index (κ3) is 3.63. The van der Waals surface area contributed by atoms with Gasteiger partial charge in [0, 0.05) is 20.3 Å². The van der Waals surface area contributed by atoms with Gasteiger partial charge >= 0.3 is 0 Å². The molecule has 1 heterocycles. The zero-order chi connectivity index (χ0) is 17.9. The van der Waals surface area contributed by atoms with E-state index in [9.17, 15) is 18.0 Å². The Hall–Kier alpha value is -2.65. The Labute approximate surface area is 139 Å². The minimum Gasteiger partial charge on any atom is -0.364 e. The van der Waals surface area contributed by atoms with E-state index in [0.29, 0.717) is 5.56 Å². The maximum atomic E-state index is 12.6. The minimum atomic E-state index is -4.04. The Morgan fingerprint density at radius 3 is 2.33 bits per heavy atom. The van der Waals surface area contributed by atoms with Crippen LogP contribution in [0.3, 0.4) is 0 Å². The fourth-order valence-electron chi connectivity index (χ4n) is 2.21. The first-order valence-corrected chi connectivity index (χ1v) is 8.49. The summed E-state index contributed by atoms with van der Waals surface area (Å²) in [6.45, 7) is 0. The van der Waals surface area contributed by atoms with Crippen molar-refractivity contribution in [1.29, 1.82) is 0 Å². The van der Waals surface area contributed by atoms with Crippen LogP contribution < -0.4 is 15.8 Å². The number of hydrogen-bond acceptors (Lipinski definition) is 4. The van der Waals surface area contributed by atoms with E-state index in [0.717, 1.165) is 6.07 Å². The molecular formula is C15H18N4O4S. The van der Waals surface area contributed by atoms with E-state index in [4.69, 9.17) is 5.73 Å². The predicted molar refractivity (Wildman–Crippen MR) is 87.5 cm³/mol. The van der Waals surface area contributed by atoms with Gasteiger partial charge in [0.2, 0.25) is 15.9 Å². The highest BCUT2D eigenvalue weighted by atomic mass is 32.2. The Morgan fingerprint density at radius 1 is 1.21 bits per heavy atom. The number of hydrogen-bond donors (Lipinski definition) is 3. The molecule has 8 nitrogen and oxygen atoms in total. The second kappa shape index (κ2) is 6.85. The first-order chi connectivity index (χ1) is 11.3. The topological polar surface area (TPSA) is 123 Å². The molecule has 0 fully saturated rings. The van der Waals surface area contributed by atoms with Crippen molar-refractivity contribution in [1.82, 2.24) is 14.6 Å². The molecule has 1 atom stereocenters. The third-order valence-electron chi connectivity index (χ3n) is 3.46. The van der Waals surface area contributed by atoms with E-state index in [1.165, 1.54) is 24.9 Å². The van der Waals surface area contributed by atoms with Crippen molar-refractivity contribution >= 4 is 21.8 Å². The zero-order valence-electron chi connectivity index (χ0n) is 13.2. The first-order valence-electron chi connectivity index (χ1n) is 7.01. The van der Waals surface area contributed by atoms with Crippen molar-refractivity contribution in [2.45, 2.75) is 10.9 Å². The van der Waals surface area contributed by atoms with Gasteiger partial charge in [0.25, 0.3) is 5.91 Å². The number of aryl methyl sites for hydroxylation is 1. The van der Waals surface area contributed by atoms with Crippen LogP contribution in [0, 0.1) is 0 Å². The van der Waals surface area contributed by atoms with Crippen molar-refractivity contribution in [3.8, 4) is 0 Å². The van der Waals surface area contributed by atoms with Crippen LogP contribution in [0.2, 0.25) is 0 Å². The van der Waals surface area contributed by atoms with E-state index in [1.54, 1.807) is 30.3 Å². The number of carbonyl (C=O) groups is 2. The highest BCUT2D eigenvalue weighted by Gasteiger charge is 2.28. The number of nitrogens with two attached hydrogens (primary N) is 1. The summed E-state index contributed by atoms with van der Waals surface area (Å²) in [7, 11) is -1.11. The molecule has 0 spiro atoms. The van der Waals surface area contributed by atoms with E-state index in [2.05, 4.69) is 10.0 Å². The number of sulfonamides is 1. The molecule has 1 aromatic heterocycles. The summed E-state index contributed by atoms with van der Waals surface area (Å²) in [5, 5.41) is 2.43. The molecule has 2 aromatic rings. The highest BCUT2D eigenvalue weighted by Crippen LogP contribution is 2.19. The van der Waals surface area contributed by atoms with Crippen LogP contribution in [0.5, 0.6) is 0 Å². The normalized spacial score (nSPS) is 12.6. The van der Waals surface area contributed by atoms with Gasteiger partial charge in [-0.25, -0.2) is 8.42 Å². The quantitative estimate of drug-likeness (QED) is 0.672. The molecule has 0 saturated heterocycles. The number of nitrogens with zero attached hydrogens (tertiary/aromatic N) is 1. The molecule has 128 valence electrons. The zero-order valence-corrected chi connectivity index (χ0v) is 14.0. The first kappa shape index (κ1) is 17.7. The van der Waals surface area contributed by atoms with Crippen LogP contribution in [0.4, 0.5) is 0 Å². The number of amides is 2. The molecule has 0 aliphatic rings. The average Bonchev–Trinajstić information content (AvgIpc) is 2.96. The van der Waals surface area contributed by atoms with Gasteiger partial charge in [-0.1, -0.05) is 30.3 Å². The monoisotopic (exact) mass is 350 g/mol. The van der Waals surface area contributed by atoms with Gasteiger partial charge in [-0.3, -0.25) is 9.59 Å². The summed E-state index contributed by atoms with van der Waals surface area (Å²) in [5.74, 6) is -1.25. The summed E-state index contributed by atoms with van der Waals surface area (Å²) >= 11 is 0. The van der Waals surface area contributed by atoms with Crippen molar-refractivity contribution in [3.05, 3.63) is 53.9 Å². The summed E-state index contributed by atoms with van der Waals surface area (Å²) in [6.07, 6.45) is 1.26. The van der Waals surface area contributed by atoms with Crippen LogP contribution >= 0.6 is 0 Å². The molecule has 0 bridgehead atoms. The third-order valence-corrected chi connectivity index (χ3v) is 4.85. The van der Waals surface area contributed by atoms with Gasteiger partial charge in [-0.2, -0.15) is 4.72 Å². The van der Waals surface area contributed by atoms with Gasteiger partial charge in [-0.15, -0.1) is 0 Å². The van der Waals surface area contributed by atoms with Gasteiger partial charge in [-0.05, 0) is 11.6 Å². The van der Waals surface area contributed by atoms with Crippen molar-refractivity contribution in [2.75, 3.05) is 7.05 Å². The van der Waals surface area contributed by atoms with Gasteiger partial charge < -0.3 is 15.6 Å². The van der Waals surface area contributed by atoms with Gasteiger partial charge in [0.15, 0.2) is 0 Å². The number of nitrogens with one attached hydrogen (secondary N) is 2. The number of benzene rings is 1. The predicted octanol–water partition coefficient (Wildman–Crippen LogP) is -0.110. The molecular weight excluding hydrogens is 332 g/mol. The smallest absolute Gasteiger partial charge is 0.265 e. The number of rotatable bonds is 6. The number of primary amides is 1. The molecule has 4 N–H and O–H groups in total. The fraction of sp³-hybridized carbons (Fsp3) is 0.200. The van der Waals surface area contributed by atoms with E-state index in [1.807, 2.05) is 0 Å². The second-order valence-electron chi connectivity index (χ2n) is 5.12. The molecule has 0 aliphatic carbocycles. The van der Waals surface area contributed by atoms with Crippen molar-refractivity contribution < 1.29 is 18.0 Å². The summed E-state index contributed by atoms with van der Waals surface area (Å²) in [4.78, 5) is 23.2. The average molecular weight is 350 g/mol. The van der Waals surface area contributed by atoms with E-state index >= 15 is 0 Å². The lowest BCUT2D eigenvalue weighted by Gasteiger charge is -2.17. The lowest BCUT2D eigenvalue weighted by atomic mass is 10.1. The number of carbonyl (C=O) groups excluding carboxylic acids is 2. The molecule has 2 rings (SSSR count). The Balaban J connectivity index is 2.39. The number of likely N-dealkylation sites (N-methyl/N-ethyl adjacent to an activating group) is 1. The lowest BCUT2D eigenvalue weighted by Crippen LogP contribution is -2.38. The van der Waals surface area contributed by atoms with Crippen LogP contribution in [0.15, 0.2) is 47.5 Å². The molecule has 1 aromatic carbocycles. The SMILES string of the molecule is CNC(=O)[C@@H](NS(=O)(=O)c1cc(C(N)=O)n(C)c1)c1ccccc1. The highest BCUT2D eigenvalue weighted by molar-refractivity contribution is 7.89. The van der Waals surface area contributed by atoms with E-state index in [-0.39, 0.29) is 10.6 Å². The summed E-state index contributed by atoms with van der Waals surface area (Å²) < 4.78 is 28.8. The lowest BCUT2D eigenvalue weighted by molar-refractivity contribution is -0.122. The largest absolute Gasteiger partial charge is 0.364 e. The van der Waals surface area contributed by atoms with Gasteiger partial charge in [0.1, 0.15) is 16.6 Å². The van der Waals surface area contributed by atoms with Crippen molar-refractivity contribution in [3.63, 3.8) is 0 Å². The summed E-state index contributed by atoms with van der Waals surface area (Å²) in [5.41, 5.74) is 5.73. The standard InChI is InChI=1S/C15H18N4O4S/c1-17-15(21)13(10-6-4-3-5-7-10)18-24(22,23)11-8-12(14(16)20)19(2)9-11/h3-9,13,18H,1-2H3,(H2,16,20)(H,17,21)/t13-/m0/s1. The molecule has 0 radical (unpaired) electrons.